The topological polar surface area (TPSA) is 514 Å². The minimum Gasteiger partial charge on any atom is -0.508 e. The molecule has 0 aliphatic rings. The Morgan fingerprint density at radius 2 is 0.907 bits per heavy atom. The van der Waals surface area contributed by atoms with E-state index in [1.165, 1.54) is 24.3 Å². The van der Waals surface area contributed by atoms with Crippen molar-refractivity contribution in [3.63, 3.8) is 0 Å². The van der Waals surface area contributed by atoms with E-state index in [2.05, 4.69) is 53.2 Å². The molecule has 2 aromatic carbocycles. The second-order valence-corrected chi connectivity index (χ2v) is 16.1. The second kappa shape index (κ2) is 32.9. The lowest BCUT2D eigenvalue weighted by Crippen LogP contribution is -2.57. The third kappa shape index (κ3) is 24.8. The standard InChI is InChI=1S/C44H62N14O17/c45-16-32(62)56-31(22-60)42(73)58-28(15-37(67)68)40(71)51-18-34(64)54-27(13-24-8-10-25(61)11-9-24)39(70)50-20-36(66)57-30(21-59)41(72)52-17-33(63)53-26(7-4-12-48-44(46)47)38(69)49-19-35(65)55-29(43(74)75)14-23-5-2-1-3-6-23/h1-3,5-6,8-11,26-31,59-61H,4,7,12-22,45H2,(H,49,69)(H,50,70)(H,51,71)(H,52,72)(H,53,63)(H,54,64)(H,55,65)(H,56,62)(H,57,66)(H,58,73)(H,67,68)(H,74,75)(H4,46,47,48)/t26-,27-,28-,29-,30-,31-/m0/s1. The number of aliphatic hydroxyl groups excluding tert-OH is 2. The predicted molar refractivity (Wildman–Crippen MR) is 258 cm³/mol. The number of hydrogen-bond donors (Lipinski definition) is 19. The maximum Gasteiger partial charge on any atom is 0.326 e. The SMILES string of the molecule is N=C(N)NCCC[C@H](NC(=O)CNC(=O)[C@H](CO)NC(=O)CNC(=O)[C@H](Cc1ccc(O)cc1)NC(=O)CNC(=O)[C@H](CC(=O)O)NC(=O)[C@H](CO)NC(=O)CN)C(=O)NCC(=O)N[C@@H](Cc1ccccc1)C(=O)O. The average Bonchev–Trinajstić information content (AvgIpc) is 3.37. The monoisotopic (exact) mass is 1060 g/mol. The first-order valence-electron chi connectivity index (χ1n) is 22.7. The van der Waals surface area contributed by atoms with Gasteiger partial charge in [0.25, 0.3) is 0 Å². The molecule has 0 fully saturated rings. The van der Waals surface area contributed by atoms with Gasteiger partial charge in [-0.2, -0.15) is 0 Å². The number of carbonyl (C=O) groups is 12. The summed E-state index contributed by atoms with van der Waals surface area (Å²) in [4.78, 5) is 151. The number of phenols is 1. The Balaban J connectivity index is 2.03. The summed E-state index contributed by atoms with van der Waals surface area (Å²) in [5.74, 6) is -13.5. The molecule has 31 nitrogen and oxygen atoms in total. The predicted octanol–water partition coefficient (Wildman–Crippen LogP) is -8.68. The lowest BCUT2D eigenvalue weighted by Gasteiger charge is -2.22. The maximum absolute atomic E-state index is 13.4. The van der Waals surface area contributed by atoms with E-state index in [-0.39, 0.29) is 43.9 Å². The zero-order valence-corrected chi connectivity index (χ0v) is 40.1. The molecule has 31 heteroatoms. The van der Waals surface area contributed by atoms with Crippen molar-refractivity contribution < 1.29 is 83.1 Å². The van der Waals surface area contributed by atoms with Crippen molar-refractivity contribution in [2.75, 3.05) is 52.5 Å². The molecule has 0 aromatic heterocycles. The number of guanidine groups is 1. The number of carboxylic acids is 2. The number of nitrogens with two attached hydrogens (primary N) is 2. The number of aromatic hydroxyl groups is 1. The van der Waals surface area contributed by atoms with Crippen molar-refractivity contribution in [2.24, 2.45) is 11.5 Å². The highest BCUT2D eigenvalue weighted by Crippen LogP contribution is 2.12. The number of benzene rings is 2. The number of amides is 10. The number of phenolic OH excluding ortho intramolecular Hbond substituents is 1. The van der Waals surface area contributed by atoms with E-state index in [1.54, 1.807) is 30.3 Å². The van der Waals surface area contributed by atoms with Gasteiger partial charge in [-0.1, -0.05) is 42.5 Å². The van der Waals surface area contributed by atoms with Crippen molar-refractivity contribution >= 4 is 77.0 Å². The van der Waals surface area contributed by atoms with Gasteiger partial charge in [0.2, 0.25) is 59.1 Å². The fourth-order valence-corrected chi connectivity index (χ4v) is 6.37. The van der Waals surface area contributed by atoms with Gasteiger partial charge >= 0.3 is 11.9 Å². The van der Waals surface area contributed by atoms with Crippen LogP contribution in [0.3, 0.4) is 0 Å². The molecule has 410 valence electrons. The number of aliphatic hydroxyl groups is 2. The Kier molecular flexibility index (Phi) is 27.3. The fraction of sp³-hybridized carbons (Fsp3) is 0.432. The summed E-state index contributed by atoms with van der Waals surface area (Å²) in [5.41, 5.74) is 11.5. The van der Waals surface area contributed by atoms with E-state index in [0.29, 0.717) is 11.1 Å². The van der Waals surface area contributed by atoms with Gasteiger partial charge in [0.15, 0.2) is 5.96 Å². The normalized spacial score (nSPS) is 12.9. The van der Waals surface area contributed by atoms with Crippen molar-refractivity contribution in [2.45, 2.75) is 68.4 Å². The minimum atomic E-state index is -1.82. The van der Waals surface area contributed by atoms with Gasteiger partial charge in [0, 0.05) is 19.4 Å². The summed E-state index contributed by atoms with van der Waals surface area (Å²) in [6.45, 7) is -5.71. The average molecular weight is 1060 g/mol. The lowest BCUT2D eigenvalue weighted by atomic mass is 10.0. The Labute approximate surface area is 426 Å². The molecule has 0 saturated carbocycles. The van der Waals surface area contributed by atoms with Crippen LogP contribution in [0.5, 0.6) is 5.75 Å². The third-order valence-corrected chi connectivity index (χ3v) is 10.1. The Hall–Kier alpha value is -8.97. The van der Waals surface area contributed by atoms with Crippen LogP contribution in [-0.2, 0) is 70.4 Å². The largest absolute Gasteiger partial charge is 0.508 e. The van der Waals surface area contributed by atoms with Crippen molar-refractivity contribution in [1.82, 2.24) is 58.5 Å². The van der Waals surface area contributed by atoms with Gasteiger partial charge in [0.1, 0.15) is 42.0 Å². The first-order chi connectivity index (χ1) is 35.5. The summed E-state index contributed by atoms with van der Waals surface area (Å²) in [7, 11) is 0. The molecule has 0 aliphatic heterocycles. The first kappa shape index (κ1) is 62.1. The smallest absolute Gasteiger partial charge is 0.326 e. The molecule has 2 aromatic rings. The molecule has 21 N–H and O–H groups in total. The van der Waals surface area contributed by atoms with E-state index >= 15 is 0 Å². The van der Waals surface area contributed by atoms with Gasteiger partial charge in [-0.3, -0.25) is 58.1 Å². The van der Waals surface area contributed by atoms with Gasteiger partial charge in [-0.25, -0.2) is 4.79 Å². The van der Waals surface area contributed by atoms with E-state index < -0.39 is 160 Å². The minimum absolute atomic E-state index is 0.0524. The van der Waals surface area contributed by atoms with E-state index in [9.17, 15) is 83.1 Å². The van der Waals surface area contributed by atoms with Gasteiger partial charge in [-0.15, -0.1) is 0 Å². The quantitative estimate of drug-likeness (QED) is 0.0179. The van der Waals surface area contributed by atoms with Crippen molar-refractivity contribution in [3.05, 3.63) is 65.7 Å². The molecule has 0 unspecified atom stereocenters. The summed E-state index contributed by atoms with van der Waals surface area (Å²) in [6, 6.07) is 4.45. The lowest BCUT2D eigenvalue weighted by molar-refractivity contribution is -0.142. The zero-order valence-electron chi connectivity index (χ0n) is 40.1. The summed E-state index contributed by atoms with van der Waals surface area (Å²) in [5, 5.41) is 79.9. The third-order valence-electron chi connectivity index (χ3n) is 10.1. The number of rotatable bonds is 33. The molecular formula is C44H62N14O17. The highest BCUT2D eigenvalue weighted by molar-refractivity contribution is 5.97. The molecule has 0 radical (unpaired) electrons. The molecule has 10 amide bonds. The molecule has 0 spiro atoms. The van der Waals surface area contributed by atoms with Crippen LogP contribution < -0.4 is 70.0 Å². The molecule has 0 bridgehead atoms. The highest BCUT2D eigenvalue weighted by atomic mass is 16.4. The first-order valence-corrected chi connectivity index (χ1v) is 22.7. The van der Waals surface area contributed by atoms with Crippen LogP contribution in [0.2, 0.25) is 0 Å². The zero-order chi connectivity index (χ0) is 56.0. The Morgan fingerprint density at radius 3 is 1.39 bits per heavy atom. The summed E-state index contributed by atoms with van der Waals surface area (Å²) < 4.78 is 0. The van der Waals surface area contributed by atoms with Crippen LogP contribution in [-0.4, -0.2) is 191 Å². The fourth-order valence-electron chi connectivity index (χ4n) is 6.37. The molecule has 6 atom stereocenters. The number of hydrogen-bond acceptors (Lipinski definition) is 17. The summed E-state index contributed by atoms with van der Waals surface area (Å²) >= 11 is 0. The molecule has 0 saturated heterocycles. The Morgan fingerprint density at radius 1 is 0.493 bits per heavy atom. The molecule has 2 rings (SSSR count). The molecular weight excluding hydrogens is 997 g/mol. The van der Waals surface area contributed by atoms with Crippen LogP contribution in [0.4, 0.5) is 0 Å². The van der Waals surface area contributed by atoms with Crippen LogP contribution in [0.15, 0.2) is 54.6 Å². The second-order valence-electron chi connectivity index (χ2n) is 16.1. The summed E-state index contributed by atoms with van der Waals surface area (Å²) in [6.07, 6.45) is -1.27. The van der Waals surface area contributed by atoms with Crippen LogP contribution in [0, 0.1) is 5.41 Å². The van der Waals surface area contributed by atoms with E-state index in [4.69, 9.17) is 16.9 Å². The maximum atomic E-state index is 13.4. The van der Waals surface area contributed by atoms with Gasteiger partial charge in [0.05, 0.1) is 52.4 Å². The van der Waals surface area contributed by atoms with E-state index in [0.717, 1.165) is 0 Å². The van der Waals surface area contributed by atoms with Gasteiger partial charge < -0.3 is 95.5 Å². The van der Waals surface area contributed by atoms with E-state index in [1.807, 2.05) is 5.32 Å². The highest BCUT2D eigenvalue weighted by Gasteiger charge is 2.30. The Bertz CT molecular complexity index is 2340. The van der Waals surface area contributed by atoms with Crippen LogP contribution in [0.1, 0.15) is 30.4 Å². The van der Waals surface area contributed by atoms with Crippen LogP contribution >= 0.6 is 0 Å². The number of carbonyl (C=O) groups excluding carboxylic acids is 10. The van der Waals surface area contributed by atoms with Crippen molar-refractivity contribution in [1.29, 1.82) is 5.41 Å². The molecule has 0 aliphatic carbocycles. The van der Waals surface area contributed by atoms with Crippen LogP contribution in [0.25, 0.3) is 0 Å². The molecule has 75 heavy (non-hydrogen) atoms. The van der Waals surface area contributed by atoms with Crippen molar-refractivity contribution in [3.8, 4) is 5.75 Å². The number of aliphatic carboxylic acids is 2. The molecule has 0 heterocycles. The van der Waals surface area contributed by atoms with Gasteiger partial charge in [-0.05, 0) is 36.1 Å². The number of nitrogens with one attached hydrogen (secondary N) is 12. The number of carboxylic acid groups (broad SMARTS) is 2.